The van der Waals surface area contributed by atoms with E-state index in [4.69, 9.17) is 5.11 Å². The van der Waals surface area contributed by atoms with Gasteiger partial charge >= 0.3 is 0 Å². The van der Waals surface area contributed by atoms with Crippen LogP contribution in [-0.2, 0) is 0 Å². The van der Waals surface area contributed by atoms with Crippen molar-refractivity contribution in [1.29, 1.82) is 0 Å². The average molecular weight is 208 g/mol. The molecule has 5 nitrogen and oxygen atoms in total. The van der Waals surface area contributed by atoms with Gasteiger partial charge in [-0.1, -0.05) is 6.07 Å². The van der Waals surface area contributed by atoms with E-state index >= 15 is 0 Å². The Kier molecular flexibility index (Phi) is 2.47. The lowest BCUT2D eigenvalue weighted by Crippen LogP contribution is -2.25. The highest BCUT2D eigenvalue weighted by molar-refractivity contribution is 5.88. The Labute approximate surface area is 86.7 Å². The molecule has 1 atom stereocenters. The molecule has 0 spiro atoms. The van der Waals surface area contributed by atoms with E-state index in [-0.39, 0.29) is 11.5 Å². The molecule has 0 saturated heterocycles. The van der Waals surface area contributed by atoms with Gasteiger partial charge < -0.3 is 20.6 Å². The van der Waals surface area contributed by atoms with E-state index in [2.05, 4.69) is 10.3 Å². The molecule has 0 saturated carbocycles. The Hall–Kier alpha value is -1.75. The third-order valence-corrected chi connectivity index (χ3v) is 2.27. The predicted molar refractivity (Wildman–Crippen MR) is 55.0 cm³/mol. The molecule has 1 unspecified atom stereocenters. The summed E-state index contributed by atoms with van der Waals surface area (Å²) in [6, 6.07) is 4.20. The van der Waals surface area contributed by atoms with Crippen molar-refractivity contribution in [2.75, 3.05) is 13.1 Å². The van der Waals surface area contributed by atoms with Crippen LogP contribution in [0.15, 0.2) is 23.2 Å². The molecule has 0 aromatic heterocycles. The summed E-state index contributed by atoms with van der Waals surface area (Å²) < 4.78 is 0. The van der Waals surface area contributed by atoms with Crippen molar-refractivity contribution in [2.24, 2.45) is 4.99 Å². The molecule has 5 heteroatoms. The number of aliphatic hydroxyl groups excluding tert-OH is 1. The standard InChI is InChI=1S/C10H12N2O3/c13-7-2-1-6(5-8(7)14)9(15)10-11-3-4-12-10/h1-2,5,9,13-15H,3-4H2,(H,11,12). The zero-order chi connectivity index (χ0) is 10.8. The second-order valence-corrected chi connectivity index (χ2v) is 3.34. The smallest absolute Gasteiger partial charge is 0.157 e. The van der Waals surface area contributed by atoms with Crippen LogP contribution in [0.4, 0.5) is 0 Å². The summed E-state index contributed by atoms with van der Waals surface area (Å²) in [6.45, 7) is 1.37. The van der Waals surface area contributed by atoms with Gasteiger partial charge in [0.25, 0.3) is 0 Å². The van der Waals surface area contributed by atoms with Gasteiger partial charge in [-0.25, -0.2) is 0 Å². The van der Waals surface area contributed by atoms with Crippen LogP contribution in [0.25, 0.3) is 0 Å². The number of phenolic OH excluding ortho intramolecular Hbond substituents is 2. The molecule has 1 aliphatic rings. The summed E-state index contributed by atoms with van der Waals surface area (Å²) in [5, 5.41) is 31.2. The third-order valence-electron chi connectivity index (χ3n) is 2.27. The van der Waals surface area contributed by atoms with Crippen LogP contribution >= 0.6 is 0 Å². The second-order valence-electron chi connectivity index (χ2n) is 3.34. The summed E-state index contributed by atoms with van der Waals surface area (Å²) in [6.07, 6.45) is -0.876. The van der Waals surface area contributed by atoms with E-state index in [1.54, 1.807) is 6.07 Å². The van der Waals surface area contributed by atoms with Crippen molar-refractivity contribution in [3.05, 3.63) is 23.8 Å². The largest absolute Gasteiger partial charge is 0.504 e. The minimum atomic E-state index is -0.876. The Morgan fingerprint density at radius 1 is 1.27 bits per heavy atom. The fourth-order valence-corrected chi connectivity index (χ4v) is 1.47. The van der Waals surface area contributed by atoms with Crippen LogP contribution < -0.4 is 5.32 Å². The first-order valence-corrected chi connectivity index (χ1v) is 4.66. The second kappa shape index (κ2) is 3.78. The number of nitrogens with zero attached hydrogens (tertiary/aromatic N) is 1. The summed E-state index contributed by atoms with van der Waals surface area (Å²) in [5.41, 5.74) is 0.499. The van der Waals surface area contributed by atoms with Crippen molar-refractivity contribution in [1.82, 2.24) is 5.32 Å². The molecule has 1 aliphatic heterocycles. The van der Waals surface area contributed by atoms with Gasteiger partial charge in [0.1, 0.15) is 11.9 Å². The number of benzene rings is 1. The molecule has 0 radical (unpaired) electrons. The SMILES string of the molecule is Oc1ccc(C(O)C2=NCCN2)cc1O. The lowest BCUT2D eigenvalue weighted by Gasteiger charge is -2.12. The van der Waals surface area contributed by atoms with Crippen LogP contribution in [0.1, 0.15) is 11.7 Å². The summed E-state index contributed by atoms with van der Waals surface area (Å²) in [7, 11) is 0. The van der Waals surface area contributed by atoms with E-state index in [0.29, 0.717) is 17.9 Å². The fraction of sp³-hybridized carbons (Fsp3) is 0.300. The van der Waals surface area contributed by atoms with Gasteiger partial charge in [-0.05, 0) is 17.7 Å². The molecule has 1 aromatic carbocycles. The van der Waals surface area contributed by atoms with E-state index in [0.717, 1.165) is 6.54 Å². The minimum absolute atomic E-state index is 0.202. The van der Waals surface area contributed by atoms with Crippen LogP contribution in [-0.4, -0.2) is 34.2 Å². The maximum atomic E-state index is 9.85. The molecule has 0 amide bonds. The number of aliphatic hydroxyl groups is 1. The van der Waals surface area contributed by atoms with Crippen LogP contribution in [0.5, 0.6) is 11.5 Å². The number of amidine groups is 1. The molecule has 0 fully saturated rings. The topological polar surface area (TPSA) is 85.1 Å². The average Bonchev–Trinajstić information content (AvgIpc) is 2.74. The van der Waals surface area contributed by atoms with Gasteiger partial charge in [0, 0.05) is 6.54 Å². The number of hydrogen-bond donors (Lipinski definition) is 4. The number of phenols is 2. The highest BCUT2D eigenvalue weighted by Gasteiger charge is 2.18. The molecule has 0 bridgehead atoms. The number of aliphatic imine (C=N–C) groups is 1. The zero-order valence-electron chi connectivity index (χ0n) is 8.01. The summed E-state index contributed by atoms with van der Waals surface area (Å²) in [4.78, 5) is 4.08. The third kappa shape index (κ3) is 1.87. The van der Waals surface area contributed by atoms with Crippen molar-refractivity contribution < 1.29 is 15.3 Å². The summed E-state index contributed by atoms with van der Waals surface area (Å²) in [5.74, 6) is 0.0532. The van der Waals surface area contributed by atoms with E-state index in [1.807, 2.05) is 0 Å². The lowest BCUT2D eigenvalue weighted by molar-refractivity contribution is 0.243. The maximum Gasteiger partial charge on any atom is 0.157 e. The van der Waals surface area contributed by atoms with Gasteiger partial charge in [0.15, 0.2) is 11.5 Å². The van der Waals surface area contributed by atoms with E-state index < -0.39 is 6.10 Å². The number of nitrogens with one attached hydrogen (secondary N) is 1. The fourth-order valence-electron chi connectivity index (χ4n) is 1.47. The van der Waals surface area contributed by atoms with Gasteiger partial charge in [0.05, 0.1) is 6.54 Å². The van der Waals surface area contributed by atoms with Crippen LogP contribution in [0, 0.1) is 0 Å². The van der Waals surface area contributed by atoms with Crippen molar-refractivity contribution in [3.8, 4) is 11.5 Å². The van der Waals surface area contributed by atoms with E-state index in [1.165, 1.54) is 12.1 Å². The highest BCUT2D eigenvalue weighted by atomic mass is 16.3. The normalized spacial score (nSPS) is 17.0. The molecule has 80 valence electrons. The van der Waals surface area contributed by atoms with Gasteiger partial charge in [-0.15, -0.1) is 0 Å². The molecular formula is C10H12N2O3. The van der Waals surface area contributed by atoms with Crippen LogP contribution in [0.3, 0.4) is 0 Å². The monoisotopic (exact) mass is 208 g/mol. The Balaban J connectivity index is 2.25. The Morgan fingerprint density at radius 3 is 2.67 bits per heavy atom. The Bertz CT molecular complexity index is 404. The molecule has 1 aromatic rings. The molecule has 2 rings (SSSR count). The predicted octanol–water partition coefficient (Wildman–Crippen LogP) is 0.133. The zero-order valence-corrected chi connectivity index (χ0v) is 8.01. The highest BCUT2D eigenvalue weighted by Crippen LogP contribution is 2.28. The van der Waals surface area contributed by atoms with Gasteiger partial charge in [-0.2, -0.15) is 0 Å². The van der Waals surface area contributed by atoms with E-state index in [9.17, 15) is 10.2 Å². The quantitative estimate of drug-likeness (QED) is 0.520. The number of hydrogen-bond acceptors (Lipinski definition) is 5. The molecule has 15 heavy (non-hydrogen) atoms. The van der Waals surface area contributed by atoms with Crippen LogP contribution in [0.2, 0.25) is 0 Å². The summed E-state index contributed by atoms with van der Waals surface area (Å²) >= 11 is 0. The van der Waals surface area contributed by atoms with Crippen molar-refractivity contribution in [2.45, 2.75) is 6.10 Å². The first kappa shape index (κ1) is 9.79. The lowest BCUT2D eigenvalue weighted by atomic mass is 10.1. The maximum absolute atomic E-state index is 9.85. The van der Waals surface area contributed by atoms with Gasteiger partial charge in [0.2, 0.25) is 0 Å². The first-order valence-electron chi connectivity index (χ1n) is 4.66. The van der Waals surface area contributed by atoms with Gasteiger partial charge in [-0.3, -0.25) is 4.99 Å². The number of rotatable bonds is 2. The number of aromatic hydroxyl groups is 2. The minimum Gasteiger partial charge on any atom is -0.504 e. The molecule has 1 heterocycles. The molecule has 4 N–H and O–H groups in total. The molecular weight excluding hydrogens is 196 g/mol. The Morgan fingerprint density at radius 2 is 2.07 bits per heavy atom. The first-order chi connectivity index (χ1) is 7.18. The van der Waals surface area contributed by atoms with Crippen molar-refractivity contribution >= 4 is 5.84 Å². The molecule has 0 aliphatic carbocycles. The van der Waals surface area contributed by atoms with Crippen molar-refractivity contribution in [3.63, 3.8) is 0 Å².